The molecule has 2 aliphatic rings. The van der Waals surface area contributed by atoms with Gasteiger partial charge in [0.2, 0.25) is 0 Å². The molecule has 0 unspecified atom stereocenters. The maximum Gasteiger partial charge on any atom is 0.259 e. The second kappa shape index (κ2) is 10.3. The Balaban J connectivity index is 1.39. The number of hydrogen-bond donors (Lipinski definition) is 0. The van der Waals surface area contributed by atoms with Crippen LogP contribution >= 0.6 is 0 Å². The van der Waals surface area contributed by atoms with Crippen molar-refractivity contribution in [1.82, 2.24) is 19.8 Å². The molecular formula is C28H33N5O. The number of anilines is 1. The zero-order valence-electron chi connectivity index (χ0n) is 20.0. The summed E-state index contributed by atoms with van der Waals surface area (Å²) in [4.78, 5) is 29.8. The molecule has 2 saturated heterocycles. The number of nitrogens with zero attached hydrogens (tertiary/aromatic N) is 5. The minimum atomic E-state index is 0.0665. The molecule has 0 N–H and O–H groups in total. The number of rotatable bonds is 5. The van der Waals surface area contributed by atoms with Crippen LogP contribution in [0.1, 0.15) is 40.7 Å². The van der Waals surface area contributed by atoms with Crippen molar-refractivity contribution in [2.24, 2.45) is 0 Å². The largest absolute Gasteiger partial charge is 0.353 e. The first kappa shape index (κ1) is 22.5. The van der Waals surface area contributed by atoms with E-state index in [0.717, 1.165) is 70.0 Å². The molecule has 0 bridgehead atoms. The summed E-state index contributed by atoms with van der Waals surface area (Å²) in [5, 5.41) is 0. The number of benzene rings is 2. The standard InChI is InChI=1S/C28H33N5O/c1-22-10-12-24(13-11-22)26-29-20-25(28(34)33-14-6-3-7-15-33)27(30-26)32-18-16-31(17-19-32)21-23-8-4-2-5-9-23/h2,4-5,8-13,20H,3,6-7,14-19,21H2,1H3. The molecule has 6 nitrogen and oxygen atoms in total. The number of amides is 1. The smallest absolute Gasteiger partial charge is 0.259 e. The maximum absolute atomic E-state index is 13.5. The van der Waals surface area contributed by atoms with Gasteiger partial charge >= 0.3 is 0 Å². The van der Waals surface area contributed by atoms with E-state index in [-0.39, 0.29) is 5.91 Å². The van der Waals surface area contributed by atoms with Gasteiger partial charge in [-0.05, 0) is 31.7 Å². The first-order valence-corrected chi connectivity index (χ1v) is 12.4. The fourth-order valence-corrected chi connectivity index (χ4v) is 4.83. The molecule has 6 heteroatoms. The molecule has 3 heterocycles. The molecule has 0 aliphatic carbocycles. The Morgan fingerprint density at radius 3 is 2.26 bits per heavy atom. The lowest BCUT2D eigenvalue weighted by Crippen LogP contribution is -2.47. The molecule has 1 amide bonds. The van der Waals surface area contributed by atoms with Crippen LogP contribution in [0, 0.1) is 6.92 Å². The van der Waals surface area contributed by atoms with Gasteiger partial charge in [-0.25, -0.2) is 9.97 Å². The fraction of sp³-hybridized carbons (Fsp3) is 0.393. The van der Waals surface area contributed by atoms with Crippen molar-refractivity contribution < 1.29 is 4.79 Å². The highest BCUT2D eigenvalue weighted by molar-refractivity contribution is 5.99. The second-order valence-electron chi connectivity index (χ2n) is 9.40. The van der Waals surface area contributed by atoms with Crippen LogP contribution in [0.15, 0.2) is 60.8 Å². The van der Waals surface area contributed by atoms with Crippen LogP contribution < -0.4 is 4.90 Å². The summed E-state index contributed by atoms with van der Waals surface area (Å²) in [6, 6.07) is 18.9. The molecule has 34 heavy (non-hydrogen) atoms. The zero-order valence-corrected chi connectivity index (χ0v) is 20.0. The molecule has 5 rings (SSSR count). The van der Waals surface area contributed by atoms with E-state index in [9.17, 15) is 4.79 Å². The van der Waals surface area contributed by atoms with E-state index in [0.29, 0.717) is 11.4 Å². The first-order valence-electron chi connectivity index (χ1n) is 12.4. The fourth-order valence-electron chi connectivity index (χ4n) is 4.83. The van der Waals surface area contributed by atoms with E-state index in [2.05, 4.69) is 76.3 Å². The van der Waals surface area contributed by atoms with Gasteiger partial charge in [0.25, 0.3) is 5.91 Å². The monoisotopic (exact) mass is 455 g/mol. The normalized spacial score (nSPS) is 17.1. The van der Waals surface area contributed by atoms with Gasteiger partial charge in [0, 0.05) is 57.6 Å². The molecule has 2 fully saturated rings. The summed E-state index contributed by atoms with van der Waals surface area (Å²) >= 11 is 0. The van der Waals surface area contributed by atoms with Crippen molar-refractivity contribution >= 4 is 11.7 Å². The molecule has 0 saturated carbocycles. The van der Waals surface area contributed by atoms with Crippen LogP contribution in [0.5, 0.6) is 0 Å². The van der Waals surface area contributed by atoms with Crippen LogP contribution in [0.4, 0.5) is 5.82 Å². The lowest BCUT2D eigenvalue weighted by Gasteiger charge is -2.36. The molecular weight excluding hydrogens is 422 g/mol. The van der Waals surface area contributed by atoms with Crippen LogP contribution in [0.2, 0.25) is 0 Å². The van der Waals surface area contributed by atoms with Crippen molar-refractivity contribution in [3.05, 3.63) is 77.5 Å². The number of piperazine rings is 1. The van der Waals surface area contributed by atoms with E-state index >= 15 is 0 Å². The van der Waals surface area contributed by atoms with Crippen LogP contribution in [0.25, 0.3) is 11.4 Å². The third kappa shape index (κ3) is 5.12. The average molecular weight is 456 g/mol. The summed E-state index contributed by atoms with van der Waals surface area (Å²) in [5.74, 6) is 1.52. The number of hydrogen-bond acceptors (Lipinski definition) is 5. The van der Waals surface area contributed by atoms with Gasteiger partial charge in [0.05, 0.1) is 0 Å². The van der Waals surface area contributed by atoms with Gasteiger partial charge in [-0.2, -0.15) is 0 Å². The highest BCUT2D eigenvalue weighted by Crippen LogP contribution is 2.26. The molecule has 2 aliphatic heterocycles. The molecule has 1 aromatic heterocycles. The summed E-state index contributed by atoms with van der Waals surface area (Å²) in [6.45, 7) is 8.24. The Kier molecular flexibility index (Phi) is 6.86. The lowest BCUT2D eigenvalue weighted by molar-refractivity contribution is 0.0724. The van der Waals surface area contributed by atoms with E-state index in [1.165, 1.54) is 17.5 Å². The molecule has 3 aromatic rings. The second-order valence-corrected chi connectivity index (χ2v) is 9.40. The Labute approximate surface area is 202 Å². The number of aryl methyl sites for hydroxylation is 1. The van der Waals surface area contributed by atoms with Crippen molar-refractivity contribution in [2.45, 2.75) is 32.7 Å². The molecule has 0 radical (unpaired) electrons. The van der Waals surface area contributed by atoms with Crippen LogP contribution in [0.3, 0.4) is 0 Å². The van der Waals surface area contributed by atoms with Crippen LogP contribution in [-0.4, -0.2) is 64.9 Å². The van der Waals surface area contributed by atoms with Crippen LogP contribution in [-0.2, 0) is 6.54 Å². The average Bonchev–Trinajstić information content (AvgIpc) is 2.90. The van der Waals surface area contributed by atoms with Gasteiger partial charge in [0.15, 0.2) is 5.82 Å². The van der Waals surface area contributed by atoms with Gasteiger partial charge in [0.1, 0.15) is 11.4 Å². The topological polar surface area (TPSA) is 52.6 Å². The summed E-state index contributed by atoms with van der Waals surface area (Å²) in [6.07, 6.45) is 5.09. The number of carbonyl (C=O) groups excluding carboxylic acids is 1. The zero-order chi connectivity index (χ0) is 23.3. The highest BCUT2D eigenvalue weighted by atomic mass is 16.2. The number of piperidine rings is 1. The predicted octanol–water partition coefficient (Wildman–Crippen LogP) is 4.40. The molecule has 2 aromatic carbocycles. The predicted molar refractivity (Wildman–Crippen MR) is 136 cm³/mol. The van der Waals surface area contributed by atoms with Crippen molar-refractivity contribution in [3.8, 4) is 11.4 Å². The minimum Gasteiger partial charge on any atom is -0.353 e. The summed E-state index contributed by atoms with van der Waals surface area (Å²) < 4.78 is 0. The van der Waals surface area contributed by atoms with Gasteiger partial charge in [-0.3, -0.25) is 9.69 Å². The van der Waals surface area contributed by atoms with Gasteiger partial charge < -0.3 is 9.80 Å². The van der Waals surface area contributed by atoms with Crippen molar-refractivity contribution in [2.75, 3.05) is 44.2 Å². The minimum absolute atomic E-state index is 0.0665. The van der Waals surface area contributed by atoms with E-state index in [1.807, 2.05) is 4.90 Å². The Morgan fingerprint density at radius 2 is 1.56 bits per heavy atom. The Morgan fingerprint density at radius 1 is 0.853 bits per heavy atom. The SMILES string of the molecule is Cc1ccc(-c2ncc(C(=O)N3CCCCC3)c(N3CCN(Cc4ccccc4)CC3)n2)cc1. The quantitative estimate of drug-likeness (QED) is 0.571. The summed E-state index contributed by atoms with van der Waals surface area (Å²) in [5.41, 5.74) is 4.15. The molecule has 0 atom stereocenters. The Hall–Kier alpha value is -3.25. The third-order valence-electron chi connectivity index (χ3n) is 6.87. The number of carbonyl (C=O) groups is 1. The van der Waals surface area contributed by atoms with E-state index in [4.69, 9.17) is 4.98 Å². The maximum atomic E-state index is 13.5. The molecule has 0 spiro atoms. The first-order chi connectivity index (χ1) is 16.7. The number of aromatic nitrogens is 2. The third-order valence-corrected chi connectivity index (χ3v) is 6.87. The van der Waals surface area contributed by atoms with Crippen molar-refractivity contribution in [3.63, 3.8) is 0 Å². The van der Waals surface area contributed by atoms with Gasteiger partial charge in [-0.1, -0.05) is 60.2 Å². The summed E-state index contributed by atoms with van der Waals surface area (Å²) in [7, 11) is 0. The van der Waals surface area contributed by atoms with E-state index < -0.39 is 0 Å². The van der Waals surface area contributed by atoms with Gasteiger partial charge in [-0.15, -0.1) is 0 Å². The van der Waals surface area contributed by atoms with Crippen molar-refractivity contribution in [1.29, 1.82) is 0 Å². The molecule has 176 valence electrons. The number of likely N-dealkylation sites (tertiary alicyclic amines) is 1. The Bertz CT molecular complexity index is 1100. The highest BCUT2D eigenvalue weighted by Gasteiger charge is 2.27. The van der Waals surface area contributed by atoms with E-state index in [1.54, 1.807) is 6.20 Å². The lowest BCUT2D eigenvalue weighted by atomic mass is 10.1.